The van der Waals surface area contributed by atoms with Crippen molar-refractivity contribution in [2.45, 2.75) is 0 Å². The zero-order valence-electron chi connectivity index (χ0n) is 10.2. The van der Waals surface area contributed by atoms with Crippen LogP contribution >= 0.6 is 0 Å². The van der Waals surface area contributed by atoms with Crippen LogP contribution in [0.15, 0.2) is 42.5 Å². The van der Waals surface area contributed by atoms with Crippen molar-refractivity contribution in [3.05, 3.63) is 52.6 Å². The molecule has 98 valence electrons. The van der Waals surface area contributed by atoms with Gasteiger partial charge in [0.1, 0.15) is 11.5 Å². The van der Waals surface area contributed by atoms with Crippen molar-refractivity contribution in [3.8, 4) is 17.2 Å². The van der Waals surface area contributed by atoms with Gasteiger partial charge in [-0.15, -0.1) is 0 Å². The summed E-state index contributed by atoms with van der Waals surface area (Å²) in [5, 5.41) is 10.6. The van der Waals surface area contributed by atoms with Crippen LogP contribution in [-0.2, 0) is 0 Å². The standard InChI is InChI=1S/C13H12N2O4/c1-18-10-3-2-4-11(8-10)19-13-6-5-9(15(16)17)7-12(13)14/h2-8H,14H2,1H3. The Morgan fingerprint density at radius 1 is 1.16 bits per heavy atom. The van der Waals surface area contributed by atoms with Crippen LogP contribution in [0.2, 0.25) is 0 Å². The topological polar surface area (TPSA) is 87.6 Å². The normalized spacial score (nSPS) is 9.95. The Morgan fingerprint density at radius 3 is 2.53 bits per heavy atom. The van der Waals surface area contributed by atoms with E-state index in [4.69, 9.17) is 15.2 Å². The second-order valence-electron chi connectivity index (χ2n) is 3.76. The number of nitrogens with zero attached hydrogens (tertiary/aromatic N) is 1. The predicted octanol–water partition coefficient (Wildman–Crippen LogP) is 2.98. The van der Waals surface area contributed by atoms with Gasteiger partial charge in [-0.25, -0.2) is 0 Å². The number of hydrogen-bond acceptors (Lipinski definition) is 5. The van der Waals surface area contributed by atoms with Crippen molar-refractivity contribution >= 4 is 11.4 Å². The first-order valence-corrected chi connectivity index (χ1v) is 5.46. The van der Waals surface area contributed by atoms with Gasteiger partial charge in [-0.3, -0.25) is 10.1 Å². The first-order valence-electron chi connectivity index (χ1n) is 5.46. The fourth-order valence-electron chi connectivity index (χ4n) is 1.53. The second kappa shape index (κ2) is 5.26. The summed E-state index contributed by atoms with van der Waals surface area (Å²) in [6.07, 6.45) is 0. The monoisotopic (exact) mass is 260 g/mol. The van der Waals surface area contributed by atoms with Gasteiger partial charge in [-0.1, -0.05) is 6.07 Å². The third-order valence-electron chi connectivity index (χ3n) is 2.47. The van der Waals surface area contributed by atoms with Crippen molar-refractivity contribution in [3.63, 3.8) is 0 Å². The molecule has 6 heteroatoms. The minimum atomic E-state index is -0.508. The van der Waals surface area contributed by atoms with Crippen LogP contribution in [0.3, 0.4) is 0 Å². The quantitative estimate of drug-likeness (QED) is 0.518. The Balaban J connectivity index is 2.25. The molecule has 0 amide bonds. The maximum atomic E-state index is 10.6. The molecule has 0 radical (unpaired) electrons. The molecule has 2 N–H and O–H groups in total. The molecule has 0 spiro atoms. The molecule has 0 bridgehead atoms. The van der Waals surface area contributed by atoms with E-state index in [-0.39, 0.29) is 11.4 Å². The smallest absolute Gasteiger partial charge is 0.271 e. The summed E-state index contributed by atoms with van der Waals surface area (Å²) < 4.78 is 10.6. The van der Waals surface area contributed by atoms with Crippen LogP contribution in [0.4, 0.5) is 11.4 Å². The van der Waals surface area contributed by atoms with Gasteiger partial charge in [0.05, 0.1) is 17.7 Å². The maximum Gasteiger partial charge on any atom is 0.271 e. The number of benzene rings is 2. The molecular weight excluding hydrogens is 248 g/mol. The maximum absolute atomic E-state index is 10.6. The largest absolute Gasteiger partial charge is 0.497 e. The average Bonchev–Trinajstić information content (AvgIpc) is 2.41. The molecule has 2 aromatic carbocycles. The van der Waals surface area contributed by atoms with E-state index in [1.54, 1.807) is 31.4 Å². The lowest BCUT2D eigenvalue weighted by Gasteiger charge is -2.09. The molecule has 0 aliphatic heterocycles. The number of nitro benzene ring substituents is 1. The molecule has 0 saturated carbocycles. The Kier molecular flexibility index (Phi) is 3.51. The first-order chi connectivity index (χ1) is 9.10. The minimum absolute atomic E-state index is 0.0736. The van der Waals surface area contributed by atoms with Gasteiger partial charge < -0.3 is 15.2 Å². The number of non-ortho nitro benzene ring substituents is 1. The van der Waals surface area contributed by atoms with Crippen molar-refractivity contribution in [1.82, 2.24) is 0 Å². The van der Waals surface area contributed by atoms with Gasteiger partial charge in [0.2, 0.25) is 0 Å². The van der Waals surface area contributed by atoms with E-state index in [0.717, 1.165) is 0 Å². The summed E-state index contributed by atoms with van der Waals surface area (Å²) in [6.45, 7) is 0. The van der Waals surface area contributed by atoms with Crippen LogP contribution < -0.4 is 15.2 Å². The zero-order chi connectivity index (χ0) is 13.8. The van der Waals surface area contributed by atoms with Crippen LogP contribution in [0.1, 0.15) is 0 Å². The van der Waals surface area contributed by atoms with E-state index >= 15 is 0 Å². The third kappa shape index (κ3) is 2.92. The Labute approximate surface area is 109 Å². The summed E-state index contributed by atoms with van der Waals surface area (Å²) in [5.74, 6) is 1.55. The average molecular weight is 260 g/mol. The number of hydrogen-bond donors (Lipinski definition) is 1. The highest BCUT2D eigenvalue weighted by Gasteiger charge is 2.10. The number of nitrogens with two attached hydrogens (primary N) is 1. The van der Waals surface area contributed by atoms with E-state index in [1.807, 2.05) is 0 Å². The lowest BCUT2D eigenvalue weighted by Crippen LogP contribution is -1.95. The van der Waals surface area contributed by atoms with Gasteiger partial charge in [-0.05, 0) is 18.2 Å². The van der Waals surface area contributed by atoms with Gasteiger partial charge in [-0.2, -0.15) is 0 Å². The van der Waals surface area contributed by atoms with Crippen molar-refractivity contribution < 1.29 is 14.4 Å². The molecule has 2 aromatic rings. The van der Waals surface area contributed by atoms with Gasteiger partial charge in [0, 0.05) is 18.2 Å². The number of nitro groups is 1. The highest BCUT2D eigenvalue weighted by atomic mass is 16.6. The van der Waals surface area contributed by atoms with Crippen molar-refractivity contribution in [2.75, 3.05) is 12.8 Å². The van der Waals surface area contributed by atoms with Crippen LogP contribution in [0.5, 0.6) is 17.2 Å². The van der Waals surface area contributed by atoms with Crippen LogP contribution in [0, 0.1) is 10.1 Å². The SMILES string of the molecule is COc1cccc(Oc2ccc([N+](=O)[O-])cc2N)c1. The van der Waals surface area contributed by atoms with E-state index in [2.05, 4.69) is 0 Å². The van der Waals surface area contributed by atoms with E-state index < -0.39 is 4.92 Å². The van der Waals surface area contributed by atoms with Crippen molar-refractivity contribution in [2.24, 2.45) is 0 Å². The number of anilines is 1. The second-order valence-corrected chi connectivity index (χ2v) is 3.76. The molecule has 0 unspecified atom stereocenters. The molecule has 0 saturated heterocycles. The molecule has 0 heterocycles. The molecule has 0 fully saturated rings. The lowest BCUT2D eigenvalue weighted by atomic mass is 10.2. The Morgan fingerprint density at radius 2 is 1.89 bits per heavy atom. The summed E-state index contributed by atoms with van der Waals surface area (Å²) in [6, 6.07) is 11.1. The summed E-state index contributed by atoms with van der Waals surface area (Å²) >= 11 is 0. The number of nitrogen functional groups attached to an aromatic ring is 1. The fourth-order valence-corrected chi connectivity index (χ4v) is 1.53. The van der Waals surface area contributed by atoms with Crippen LogP contribution in [-0.4, -0.2) is 12.0 Å². The minimum Gasteiger partial charge on any atom is -0.497 e. The molecule has 0 aliphatic carbocycles. The van der Waals surface area contributed by atoms with Gasteiger partial charge >= 0.3 is 0 Å². The van der Waals surface area contributed by atoms with E-state index in [9.17, 15) is 10.1 Å². The van der Waals surface area contributed by atoms with Gasteiger partial charge in [0.25, 0.3) is 5.69 Å². The highest BCUT2D eigenvalue weighted by molar-refractivity contribution is 5.59. The van der Waals surface area contributed by atoms with Gasteiger partial charge in [0.15, 0.2) is 5.75 Å². The molecule has 19 heavy (non-hydrogen) atoms. The molecule has 0 aliphatic rings. The van der Waals surface area contributed by atoms with E-state index in [0.29, 0.717) is 17.2 Å². The molecule has 6 nitrogen and oxygen atoms in total. The fraction of sp³-hybridized carbons (Fsp3) is 0.0769. The molecule has 2 rings (SSSR count). The number of methoxy groups -OCH3 is 1. The number of ether oxygens (including phenoxy) is 2. The Bertz CT molecular complexity index is 613. The van der Waals surface area contributed by atoms with Crippen LogP contribution in [0.25, 0.3) is 0 Å². The van der Waals surface area contributed by atoms with Crippen molar-refractivity contribution in [1.29, 1.82) is 0 Å². The Hall–Kier alpha value is -2.76. The summed E-state index contributed by atoms with van der Waals surface area (Å²) in [7, 11) is 1.55. The summed E-state index contributed by atoms with van der Waals surface area (Å²) in [4.78, 5) is 10.1. The molecule has 0 aromatic heterocycles. The third-order valence-corrected chi connectivity index (χ3v) is 2.47. The van der Waals surface area contributed by atoms with E-state index in [1.165, 1.54) is 18.2 Å². The number of rotatable bonds is 4. The molecular formula is C13H12N2O4. The zero-order valence-corrected chi connectivity index (χ0v) is 10.2. The lowest BCUT2D eigenvalue weighted by molar-refractivity contribution is -0.384. The summed E-state index contributed by atoms with van der Waals surface area (Å²) in [5.41, 5.74) is 5.85. The predicted molar refractivity (Wildman–Crippen MR) is 70.6 cm³/mol. The molecule has 0 atom stereocenters. The first kappa shape index (κ1) is 12.7. The highest BCUT2D eigenvalue weighted by Crippen LogP contribution is 2.31.